The Balaban J connectivity index is 2.15. The molecular formula is C15H14Cl2N2O. The van der Waals surface area contributed by atoms with Gasteiger partial charge >= 0.3 is 6.03 Å². The van der Waals surface area contributed by atoms with Crippen LogP contribution in [0.5, 0.6) is 0 Å². The van der Waals surface area contributed by atoms with Crippen molar-refractivity contribution < 1.29 is 4.79 Å². The number of amides is 2. The second-order valence-electron chi connectivity index (χ2n) is 4.16. The van der Waals surface area contributed by atoms with Crippen LogP contribution in [-0.2, 0) is 0 Å². The molecule has 0 aliphatic heterocycles. The van der Waals surface area contributed by atoms with Gasteiger partial charge in [0.1, 0.15) is 0 Å². The summed E-state index contributed by atoms with van der Waals surface area (Å²) in [4.78, 5) is 13.9. The van der Waals surface area contributed by atoms with Crippen LogP contribution in [0.3, 0.4) is 0 Å². The molecule has 0 radical (unpaired) electrons. The second-order valence-corrected chi connectivity index (χ2v) is 5.03. The quantitative estimate of drug-likeness (QED) is 0.845. The van der Waals surface area contributed by atoms with Gasteiger partial charge in [0.05, 0.1) is 0 Å². The van der Waals surface area contributed by atoms with Gasteiger partial charge in [-0.05, 0) is 49.4 Å². The SMILES string of the molecule is CCN(C(=O)Nc1cccc(Cl)c1)c1ccc(Cl)cc1. The molecule has 0 unspecified atom stereocenters. The Labute approximate surface area is 128 Å². The van der Waals surface area contributed by atoms with Gasteiger partial charge in [0.25, 0.3) is 0 Å². The lowest BCUT2D eigenvalue weighted by atomic mass is 10.3. The topological polar surface area (TPSA) is 32.3 Å². The first-order valence-electron chi connectivity index (χ1n) is 6.20. The molecule has 2 amide bonds. The molecule has 0 aromatic heterocycles. The second kappa shape index (κ2) is 6.64. The molecule has 104 valence electrons. The summed E-state index contributed by atoms with van der Waals surface area (Å²) in [6, 6.07) is 14.0. The van der Waals surface area contributed by atoms with Gasteiger partial charge in [0.15, 0.2) is 0 Å². The van der Waals surface area contributed by atoms with Crippen LogP contribution >= 0.6 is 23.2 Å². The Morgan fingerprint density at radius 1 is 1.10 bits per heavy atom. The maximum absolute atomic E-state index is 12.3. The smallest absolute Gasteiger partial charge is 0.307 e. The van der Waals surface area contributed by atoms with E-state index in [0.29, 0.717) is 22.3 Å². The lowest BCUT2D eigenvalue weighted by Crippen LogP contribution is -2.34. The number of rotatable bonds is 3. The van der Waals surface area contributed by atoms with Crippen molar-refractivity contribution in [1.29, 1.82) is 0 Å². The third kappa shape index (κ3) is 3.65. The number of anilines is 2. The van der Waals surface area contributed by atoms with Crippen molar-refractivity contribution in [1.82, 2.24) is 0 Å². The van der Waals surface area contributed by atoms with Gasteiger partial charge in [0, 0.05) is 28.0 Å². The van der Waals surface area contributed by atoms with Gasteiger partial charge in [-0.25, -0.2) is 4.79 Å². The summed E-state index contributed by atoms with van der Waals surface area (Å²) in [5, 5.41) is 4.04. The number of carbonyl (C=O) groups excluding carboxylic acids is 1. The van der Waals surface area contributed by atoms with Crippen molar-refractivity contribution in [3.63, 3.8) is 0 Å². The van der Waals surface area contributed by atoms with Crippen molar-refractivity contribution in [2.75, 3.05) is 16.8 Å². The van der Waals surface area contributed by atoms with Crippen LogP contribution in [0.4, 0.5) is 16.2 Å². The lowest BCUT2D eigenvalue weighted by Gasteiger charge is -2.21. The van der Waals surface area contributed by atoms with E-state index in [1.54, 1.807) is 41.3 Å². The van der Waals surface area contributed by atoms with Crippen molar-refractivity contribution in [3.8, 4) is 0 Å². The maximum atomic E-state index is 12.3. The number of urea groups is 1. The number of hydrogen-bond donors (Lipinski definition) is 1. The molecular weight excluding hydrogens is 295 g/mol. The van der Waals surface area contributed by atoms with Crippen LogP contribution in [0.2, 0.25) is 10.0 Å². The van der Waals surface area contributed by atoms with E-state index in [0.717, 1.165) is 5.69 Å². The summed E-state index contributed by atoms with van der Waals surface area (Å²) >= 11 is 11.7. The van der Waals surface area contributed by atoms with Crippen LogP contribution in [0.25, 0.3) is 0 Å². The van der Waals surface area contributed by atoms with E-state index < -0.39 is 0 Å². The molecule has 2 aromatic carbocycles. The molecule has 0 aliphatic carbocycles. The van der Waals surface area contributed by atoms with Gasteiger partial charge in [-0.3, -0.25) is 4.90 Å². The molecule has 20 heavy (non-hydrogen) atoms. The summed E-state index contributed by atoms with van der Waals surface area (Å²) < 4.78 is 0. The van der Waals surface area contributed by atoms with Crippen molar-refractivity contribution >= 4 is 40.6 Å². The van der Waals surface area contributed by atoms with Gasteiger partial charge in [-0.15, -0.1) is 0 Å². The fourth-order valence-corrected chi connectivity index (χ4v) is 2.14. The zero-order chi connectivity index (χ0) is 14.5. The molecule has 0 heterocycles. The highest BCUT2D eigenvalue weighted by Crippen LogP contribution is 2.20. The molecule has 0 atom stereocenters. The fourth-order valence-electron chi connectivity index (χ4n) is 1.82. The first-order chi connectivity index (χ1) is 9.60. The van der Waals surface area contributed by atoms with E-state index in [2.05, 4.69) is 5.32 Å². The fraction of sp³-hybridized carbons (Fsp3) is 0.133. The standard InChI is InChI=1S/C15H14Cl2N2O/c1-2-19(14-8-6-11(16)7-9-14)15(20)18-13-5-3-4-12(17)10-13/h3-10H,2H2,1H3,(H,18,20). The number of benzene rings is 2. The van der Waals surface area contributed by atoms with E-state index in [-0.39, 0.29) is 6.03 Å². The number of nitrogens with one attached hydrogen (secondary N) is 1. The van der Waals surface area contributed by atoms with Gasteiger partial charge in [0.2, 0.25) is 0 Å². The minimum atomic E-state index is -0.211. The third-order valence-electron chi connectivity index (χ3n) is 2.78. The predicted molar refractivity (Wildman–Crippen MR) is 84.9 cm³/mol. The first kappa shape index (κ1) is 14.7. The van der Waals surface area contributed by atoms with E-state index in [4.69, 9.17) is 23.2 Å². The van der Waals surface area contributed by atoms with Crippen LogP contribution in [0.1, 0.15) is 6.92 Å². The summed E-state index contributed by atoms with van der Waals surface area (Å²) in [5.41, 5.74) is 1.45. The number of nitrogens with zero attached hydrogens (tertiary/aromatic N) is 1. The minimum Gasteiger partial charge on any atom is -0.307 e. The van der Waals surface area contributed by atoms with Crippen LogP contribution in [0.15, 0.2) is 48.5 Å². The van der Waals surface area contributed by atoms with Gasteiger partial charge in [-0.2, -0.15) is 0 Å². The Bertz CT molecular complexity index is 599. The minimum absolute atomic E-state index is 0.211. The van der Waals surface area contributed by atoms with Crippen molar-refractivity contribution in [2.45, 2.75) is 6.92 Å². The average Bonchev–Trinajstić information content (AvgIpc) is 2.42. The van der Waals surface area contributed by atoms with Crippen molar-refractivity contribution in [2.24, 2.45) is 0 Å². The van der Waals surface area contributed by atoms with Crippen molar-refractivity contribution in [3.05, 3.63) is 58.6 Å². The molecule has 0 saturated heterocycles. The molecule has 0 saturated carbocycles. The molecule has 0 spiro atoms. The molecule has 0 bridgehead atoms. The average molecular weight is 309 g/mol. The van der Waals surface area contributed by atoms with E-state index in [1.165, 1.54) is 0 Å². The molecule has 5 heteroatoms. The number of hydrogen-bond acceptors (Lipinski definition) is 1. The lowest BCUT2D eigenvalue weighted by molar-refractivity contribution is 0.257. The third-order valence-corrected chi connectivity index (χ3v) is 3.26. The zero-order valence-corrected chi connectivity index (χ0v) is 12.4. The normalized spacial score (nSPS) is 10.2. The van der Waals surface area contributed by atoms with Crippen LogP contribution in [0, 0.1) is 0 Å². The summed E-state index contributed by atoms with van der Waals surface area (Å²) in [7, 11) is 0. The Kier molecular flexibility index (Phi) is 4.88. The summed E-state index contributed by atoms with van der Waals surface area (Å²) in [6.45, 7) is 2.46. The van der Waals surface area contributed by atoms with E-state index >= 15 is 0 Å². The Morgan fingerprint density at radius 3 is 2.40 bits per heavy atom. The van der Waals surface area contributed by atoms with Gasteiger partial charge < -0.3 is 5.32 Å². The first-order valence-corrected chi connectivity index (χ1v) is 6.95. The summed E-state index contributed by atoms with van der Waals surface area (Å²) in [5.74, 6) is 0. The molecule has 0 fully saturated rings. The Morgan fingerprint density at radius 2 is 1.80 bits per heavy atom. The van der Waals surface area contributed by atoms with Crippen LogP contribution in [-0.4, -0.2) is 12.6 Å². The Hall–Kier alpha value is -1.71. The number of halogens is 2. The maximum Gasteiger partial charge on any atom is 0.326 e. The zero-order valence-electron chi connectivity index (χ0n) is 10.9. The number of carbonyl (C=O) groups is 1. The largest absolute Gasteiger partial charge is 0.326 e. The monoisotopic (exact) mass is 308 g/mol. The molecule has 2 rings (SSSR count). The van der Waals surface area contributed by atoms with E-state index in [1.807, 2.05) is 19.1 Å². The summed E-state index contributed by atoms with van der Waals surface area (Å²) in [6.07, 6.45) is 0. The van der Waals surface area contributed by atoms with Crippen LogP contribution < -0.4 is 10.2 Å². The predicted octanol–water partition coefficient (Wildman–Crippen LogP) is 5.05. The van der Waals surface area contributed by atoms with E-state index in [9.17, 15) is 4.79 Å². The molecule has 3 nitrogen and oxygen atoms in total. The molecule has 1 N–H and O–H groups in total. The molecule has 0 aliphatic rings. The highest BCUT2D eigenvalue weighted by atomic mass is 35.5. The molecule has 2 aromatic rings. The highest BCUT2D eigenvalue weighted by Gasteiger charge is 2.13. The van der Waals surface area contributed by atoms with Gasteiger partial charge in [-0.1, -0.05) is 29.3 Å². The highest BCUT2D eigenvalue weighted by molar-refractivity contribution is 6.31.